The number of hydrogen-bond acceptors (Lipinski definition) is 7. The molecule has 9 nitrogen and oxygen atoms in total. The molecule has 0 aliphatic rings. The second kappa shape index (κ2) is 9.97. The lowest BCUT2D eigenvalue weighted by Gasteiger charge is -2.09. The van der Waals surface area contributed by atoms with Crippen molar-refractivity contribution in [3.63, 3.8) is 0 Å². The van der Waals surface area contributed by atoms with Crippen LogP contribution in [0.1, 0.15) is 10.4 Å². The van der Waals surface area contributed by atoms with Crippen LogP contribution in [0.3, 0.4) is 0 Å². The van der Waals surface area contributed by atoms with Crippen molar-refractivity contribution in [2.75, 3.05) is 37.5 Å². The molecule has 2 N–H and O–H groups in total. The summed E-state index contributed by atoms with van der Waals surface area (Å²) in [7, 11) is 1.50. The van der Waals surface area contributed by atoms with Crippen molar-refractivity contribution in [3.05, 3.63) is 64.0 Å². The van der Waals surface area contributed by atoms with Gasteiger partial charge in [0.25, 0.3) is 11.6 Å². The highest BCUT2D eigenvalue weighted by Gasteiger charge is 2.19. The van der Waals surface area contributed by atoms with Gasteiger partial charge in [0.05, 0.1) is 17.1 Å². The number of rotatable bonds is 9. The minimum Gasteiger partial charge on any atom is -0.452 e. The number of nitrogens with zero attached hydrogens (tertiary/aromatic N) is 1. The van der Waals surface area contributed by atoms with Gasteiger partial charge in [-0.3, -0.25) is 14.9 Å². The molecule has 0 aromatic heterocycles. The summed E-state index contributed by atoms with van der Waals surface area (Å²) in [4.78, 5) is 34.5. The molecule has 2 rings (SSSR count). The lowest BCUT2D eigenvalue weighted by Crippen LogP contribution is -2.21. The Bertz CT molecular complexity index is 857. The molecule has 10 heteroatoms. The molecule has 2 aromatic carbocycles. The Labute approximate surface area is 159 Å². The molecule has 28 heavy (non-hydrogen) atoms. The molecule has 0 unspecified atom stereocenters. The molecule has 0 heterocycles. The van der Waals surface area contributed by atoms with Crippen LogP contribution in [-0.4, -0.2) is 43.7 Å². The van der Waals surface area contributed by atoms with Crippen molar-refractivity contribution in [1.29, 1.82) is 0 Å². The zero-order valence-electron chi connectivity index (χ0n) is 14.9. The highest BCUT2D eigenvalue weighted by Crippen LogP contribution is 2.25. The highest BCUT2D eigenvalue weighted by atomic mass is 19.1. The Hall–Kier alpha value is -3.53. The van der Waals surface area contributed by atoms with Crippen LogP contribution in [0.5, 0.6) is 0 Å². The summed E-state index contributed by atoms with van der Waals surface area (Å²) in [5.74, 6) is -1.97. The van der Waals surface area contributed by atoms with Crippen molar-refractivity contribution in [3.8, 4) is 0 Å². The first kappa shape index (κ1) is 20.8. The number of nitro benzene ring substituents is 1. The van der Waals surface area contributed by atoms with Crippen LogP contribution in [0, 0.1) is 15.9 Å². The van der Waals surface area contributed by atoms with Gasteiger partial charge >= 0.3 is 5.97 Å². The van der Waals surface area contributed by atoms with Gasteiger partial charge in [-0.25, -0.2) is 9.18 Å². The number of amides is 1. The van der Waals surface area contributed by atoms with Crippen LogP contribution in [0.15, 0.2) is 42.5 Å². The SMILES string of the molecule is COCCNc1ccc(C(=O)OCC(=O)Nc2ccc(F)cc2)cc1[N+](=O)[O-]. The molecule has 0 spiro atoms. The average molecular weight is 391 g/mol. The van der Waals surface area contributed by atoms with Gasteiger partial charge in [-0.15, -0.1) is 0 Å². The molecule has 0 saturated carbocycles. The molecular formula is C18H18FN3O6. The summed E-state index contributed by atoms with van der Waals surface area (Å²) in [6.45, 7) is 0.104. The fraction of sp³-hybridized carbons (Fsp3) is 0.222. The van der Waals surface area contributed by atoms with Crippen LogP contribution >= 0.6 is 0 Å². The molecule has 0 radical (unpaired) electrons. The molecular weight excluding hydrogens is 373 g/mol. The average Bonchev–Trinajstić information content (AvgIpc) is 2.68. The van der Waals surface area contributed by atoms with Crippen molar-refractivity contribution in [2.24, 2.45) is 0 Å². The summed E-state index contributed by atoms with van der Waals surface area (Å²) >= 11 is 0. The summed E-state index contributed by atoms with van der Waals surface area (Å²) in [6.07, 6.45) is 0. The van der Waals surface area contributed by atoms with Gasteiger partial charge in [-0.1, -0.05) is 0 Å². The van der Waals surface area contributed by atoms with Crippen molar-refractivity contribution in [2.45, 2.75) is 0 Å². The Morgan fingerprint density at radius 3 is 2.54 bits per heavy atom. The number of carbonyl (C=O) groups is 2. The van der Waals surface area contributed by atoms with Gasteiger partial charge in [-0.05, 0) is 36.4 Å². The van der Waals surface area contributed by atoms with Crippen molar-refractivity contribution >= 4 is 28.9 Å². The third kappa shape index (κ3) is 6.02. The molecule has 0 fully saturated rings. The van der Waals surface area contributed by atoms with E-state index in [1.54, 1.807) is 0 Å². The topological polar surface area (TPSA) is 120 Å². The lowest BCUT2D eigenvalue weighted by molar-refractivity contribution is -0.384. The normalized spacial score (nSPS) is 10.2. The summed E-state index contributed by atoms with van der Waals surface area (Å²) < 4.78 is 22.6. The standard InChI is InChI=1S/C18H18FN3O6/c1-27-9-8-20-15-7-2-12(10-16(15)22(25)26)18(24)28-11-17(23)21-14-5-3-13(19)4-6-14/h2-7,10,20H,8-9,11H2,1H3,(H,21,23). The fourth-order valence-electron chi connectivity index (χ4n) is 2.19. The number of carbonyl (C=O) groups excluding carboxylic acids is 2. The first-order valence-electron chi connectivity index (χ1n) is 8.14. The molecule has 0 bridgehead atoms. The van der Waals surface area contributed by atoms with Gasteiger partial charge in [0.15, 0.2) is 6.61 Å². The minimum absolute atomic E-state index is 0.0708. The predicted octanol–water partition coefficient (Wildman–Crippen LogP) is 2.59. The van der Waals surface area contributed by atoms with E-state index in [1.165, 1.54) is 43.5 Å². The van der Waals surface area contributed by atoms with E-state index < -0.39 is 29.2 Å². The number of nitrogens with one attached hydrogen (secondary N) is 2. The second-order valence-corrected chi connectivity index (χ2v) is 5.54. The van der Waals surface area contributed by atoms with E-state index in [4.69, 9.17) is 9.47 Å². The molecule has 0 aliphatic carbocycles. The second-order valence-electron chi connectivity index (χ2n) is 5.54. The predicted molar refractivity (Wildman–Crippen MR) is 98.8 cm³/mol. The number of methoxy groups -OCH3 is 1. The van der Waals surface area contributed by atoms with E-state index in [9.17, 15) is 24.1 Å². The number of benzene rings is 2. The maximum absolute atomic E-state index is 12.8. The third-order valence-electron chi connectivity index (χ3n) is 3.51. The van der Waals surface area contributed by atoms with E-state index in [0.29, 0.717) is 18.8 Å². The van der Waals surface area contributed by atoms with Crippen LogP contribution in [0.2, 0.25) is 0 Å². The summed E-state index contributed by atoms with van der Waals surface area (Å²) in [5.41, 5.74) is 0.192. The Kier molecular flexibility index (Phi) is 7.40. The number of hydrogen-bond donors (Lipinski definition) is 2. The number of halogens is 1. The fourth-order valence-corrected chi connectivity index (χ4v) is 2.19. The monoisotopic (exact) mass is 391 g/mol. The first-order valence-corrected chi connectivity index (χ1v) is 8.14. The first-order chi connectivity index (χ1) is 13.4. The Balaban J connectivity index is 1.97. The maximum Gasteiger partial charge on any atom is 0.338 e. The van der Waals surface area contributed by atoms with Crippen LogP contribution < -0.4 is 10.6 Å². The van der Waals surface area contributed by atoms with Gasteiger partial charge in [-0.2, -0.15) is 0 Å². The molecule has 148 valence electrons. The summed E-state index contributed by atoms with van der Waals surface area (Å²) in [6, 6.07) is 8.84. The number of nitro groups is 1. The molecule has 1 amide bonds. The van der Waals surface area contributed by atoms with Crippen LogP contribution in [-0.2, 0) is 14.3 Å². The smallest absolute Gasteiger partial charge is 0.338 e. The Morgan fingerprint density at radius 2 is 1.89 bits per heavy atom. The van der Waals surface area contributed by atoms with Crippen LogP contribution in [0.25, 0.3) is 0 Å². The lowest BCUT2D eigenvalue weighted by atomic mass is 10.1. The van der Waals surface area contributed by atoms with Crippen molar-refractivity contribution < 1.29 is 28.4 Å². The van der Waals surface area contributed by atoms with Gasteiger partial charge < -0.3 is 20.1 Å². The van der Waals surface area contributed by atoms with E-state index in [1.807, 2.05) is 0 Å². The number of ether oxygens (including phenoxy) is 2. The van der Waals surface area contributed by atoms with Gasteiger partial charge in [0, 0.05) is 25.4 Å². The minimum atomic E-state index is -0.888. The zero-order valence-corrected chi connectivity index (χ0v) is 14.9. The molecule has 0 atom stereocenters. The van der Waals surface area contributed by atoms with E-state index in [-0.39, 0.29) is 16.9 Å². The van der Waals surface area contributed by atoms with Gasteiger partial charge in [0.2, 0.25) is 0 Å². The van der Waals surface area contributed by atoms with E-state index in [2.05, 4.69) is 10.6 Å². The quantitative estimate of drug-likeness (QED) is 0.292. The van der Waals surface area contributed by atoms with E-state index in [0.717, 1.165) is 6.07 Å². The number of esters is 1. The Morgan fingerprint density at radius 1 is 1.18 bits per heavy atom. The maximum atomic E-state index is 12.8. The highest BCUT2D eigenvalue weighted by molar-refractivity contribution is 5.96. The molecule has 0 saturated heterocycles. The molecule has 2 aromatic rings. The van der Waals surface area contributed by atoms with Crippen LogP contribution in [0.4, 0.5) is 21.5 Å². The summed E-state index contributed by atoms with van der Waals surface area (Å²) in [5, 5.41) is 16.5. The van der Waals surface area contributed by atoms with Gasteiger partial charge in [0.1, 0.15) is 11.5 Å². The third-order valence-corrected chi connectivity index (χ3v) is 3.51. The van der Waals surface area contributed by atoms with E-state index >= 15 is 0 Å². The zero-order chi connectivity index (χ0) is 20.5. The largest absolute Gasteiger partial charge is 0.452 e. The molecule has 0 aliphatic heterocycles. The number of anilines is 2. The van der Waals surface area contributed by atoms with Crippen molar-refractivity contribution in [1.82, 2.24) is 0 Å².